The summed E-state index contributed by atoms with van der Waals surface area (Å²) >= 11 is 5.86. The van der Waals surface area contributed by atoms with Crippen LogP contribution in [-0.4, -0.2) is 37.0 Å². The van der Waals surface area contributed by atoms with E-state index in [1.807, 2.05) is 24.3 Å². The molecule has 0 bridgehead atoms. The third-order valence-electron chi connectivity index (χ3n) is 4.16. The first kappa shape index (κ1) is 19.4. The monoisotopic (exact) mass is 398 g/mol. The number of hydrogen-bond donors (Lipinski definition) is 1. The summed E-state index contributed by atoms with van der Waals surface area (Å²) in [7, 11) is 0. The molecule has 144 valence electrons. The zero-order valence-electron chi connectivity index (χ0n) is 14.6. The molecule has 0 spiro atoms. The van der Waals surface area contributed by atoms with Gasteiger partial charge in [-0.1, -0.05) is 23.7 Å². The Hall–Kier alpha value is -2.32. The highest BCUT2D eigenvalue weighted by Crippen LogP contribution is 2.32. The van der Waals surface area contributed by atoms with Crippen LogP contribution in [0.4, 0.5) is 24.7 Å². The van der Waals surface area contributed by atoms with Crippen LogP contribution < -0.4 is 10.3 Å². The van der Waals surface area contributed by atoms with Crippen LogP contribution in [0.5, 0.6) is 0 Å². The fourth-order valence-corrected chi connectivity index (χ4v) is 2.82. The zero-order valence-corrected chi connectivity index (χ0v) is 15.3. The molecule has 27 heavy (non-hydrogen) atoms. The van der Waals surface area contributed by atoms with Crippen molar-refractivity contribution in [3.63, 3.8) is 0 Å². The van der Waals surface area contributed by atoms with Crippen LogP contribution >= 0.6 is 11.6 Å². The van der Waals surface area contributed by atoms with E-state index in [9.17, 15) is 13.2 Å². The van der Waals surface area contributed by atoms with Gasteiger partial charge < -0.3 is 9.64 Å². The van der Waals surface area contributed by atoms with Crippen molar-refractivity contribution < 1.29 is 17.9 Å². The van der Waals surface area contributed by atoms with Crippen LogP contribution in [0.1, 0.15) is 18.1 Å². The van der Waals surface area contributed by atoms with E-state index >= 15 is 0 Å². The van der Waals surface area contributed by atoms with Gasteiger partial charge in [-0.25, -0.2) is 4.98 Å². The van der Waals surface area contributed by atoms with E-state index in [0.29, 0.717) is 18.9 Å². The molecule has 0 radical (unpaired) electrons. The van der Waals surface area contributed by atoms with Gasteiger partial charge in [0.2, 0.25) is 0 Å². The Labute approximate surface area is 159 Å². The van der Waals surface area contributed by atoms with Crippen molar-refractivity contribution in [1.29, 1.82) is 0 Å². The van der Waals surface area contributed by atoms with Crippen LogP contribution in [0.3, 0.4) is 0 Å². The first-order chi connectivity index (χ1) is 12.8. The normalized spacial score (nSPS) is 15.7. The Kier molecular flexibility index (Phi) is 5.86. The van der Waals surface area contributed by atoms with Gasteiger partial charge in [0.1, 0.15) is 0 Å². The van der Waals surface area contributed by atoms with Gasteiger partial charge >= 0.3 is 6.18 Å². The highest BCUT2D eigenvalue weighted by molar-refractivity contribution is 6.33. The van der Waals surface area contributed by atoms with Crippen LogP contribution in [0.15, 0.2) is 41.6 Å². The zero-order chi connectivity index (χ0) is 19.4. The van der Waals surface area contributed by atoms with Gasteiger partial charge in [0.05, 0.1) is 29.5 Å². The Balaban J connectivity index is 1.68. The number of rotatable bonds is 4. The summed E-state index contributed by atoms with van der Waals surface area (Å²) in [6, 6.07) is 8.70. The molecule has 1 aromatic carbocycles. The smallest absolute Gasteiger partial charge is 0.378 e. The summed E-state index contributed by atoms with van der Waals surface area (Å²) in [5.74, 6) is 0.0638. The van der Waals surface area contributed by atoms with Gasteiger partial charge in [-0.05, 0) is 30.7 Å². The molecule has 1 fully saturated rings. The molecule has 1 aliphatic heterocycles. The van der Waals surface area contributed by atoms with E-state index in [1.54, 1.807) is 6.92 Å². The standard InChI is InChI=1S/C18H18ClF3N4O/c1-12(13-2-4-15(5-3-13)26-6-8-27-9-7-26)24-25-17-16(19)10-14(11-23-17)18(20,21)22/h2-5,10-11H,6-9H2,1H3,(H,23,25)/b24-12-. The second-order valence-corrected chi connectivity index (χ2v) is 6.41. The molecule has 2 heterocycles. The molecule has 1 saturated heterocycles. The van der Waals surface area contributed by atoms with Gasteiger partial charge in [0, 0.05) is 25.0 Å². The molecule has 0 aliphatic carbocycles. The van der Waals surface area contributed by atoms with E-state index in [1.165, 1.54) is 0 Å². The topological polar surface area (TPSA) is 49.8 Å². The SMILES string of the molecule is C/C(=N/Nc1ncc(C(F)(F)F)cc1Cl)c1ccc(N2CCOCC2)cc1. The summed E-state index contributed by atoms with van der Waals surface area (Å²) in [5, 5.41) is 4.02. The quantitative estimate of drug-likeness (QED) is 0.611. The maximum Gasteiger partial charge on any atom is 0.417 e. The summed E-state index contributed by atoms with van der Waals surface area (Å²) in [5.41, 5.74) is 4.35. The lowest BCUT2D eigenvalue weighted by Crippen LogP contribution is -2.36. The van der Waals surface area contributed by atoms with Crippen molar-refractivity contribution in [3.05, 3.63) is 52.7 Å². The third-order valence-corrected chi connectivity index (χ3v) is 4.45. The molecule has 1 aromatic heterocycles. The fraction of sp³-hybridized carbons (Fsp3) is 0.333. The maximum atomic E-state index is 12.6. The highest BCUT2D eigenvalue weighted by atomic mass is 35.5. The summed E-state index contributed by atoms with van der Waals surface area (Å²) in [6.07, 6.45) is -3.77. The molecule has 0 amide bonds. The summed E-state index contributed by atoms with van der Waals surface area (Å²) < 4.78 is 43.3. The number of morpholine rings is 1. The lowest BCUT2D eigenvalue weighted by molar-refractivity contribution is -0.137. The number of anilines is 2. The molecular formula is C18H18ClF3N4O. The number of hydrazone groups is 1. The van der Waals surface area contributed by atoms with E-state index < -0.39 is 11.7 Å². The van der Waals surface area contributed by atoms with Crippen LogP contribution in [-0.2, 0) is 10.9 Å². The lowest BCUT2D eigenvalue weighted by Gasteiger charge is -2.28. The number of hydrogen-bond acceptors (Lipinski definition) is 5. The lowest BCUT2D eigenvalue weighted by atomic mass is 10.1. The van der Waals surface area contributed by atoms with Gasteiger partial charge in [-0.15, -0.1) is 0 Å². The number of alkyl halides is 3. The molecule has 0 saturated carbocycles. The highest BCUT2D eigenvalue weighted by Gasteiger charge is 2.31. The van der Waals surface area contributed by atoms with Gasteiger partial charge in [0.15, 0.2) is 5.82 Å². The van der Waals surface area contributed by atoms with E-state index in [-0.39, 0.29) is 10.8 Å². The second kappa shape index (κ2) is 8.14. The minimum absolute atomic E-state index is 0.0638. The number of ether oxygens (including phenoxy) is 1. The number of benzene rings is 1. The van der Waals surface area contributed by atoms with Crippen molar-refractivity contribution in [3.8, 4) is 0 Å². The minimum atomic E-state index is -4.49. The first-order valence-electron chi connectivity index (χ1n) is 8.31. The Bertz CT molecular complexity index is 818. The predicted molar refractivity (Wildman–Crippen MR) is 99.6 cm³/mol. The molecule has 0 unspecified atom stereocenters. The summed E-state index contributed by atoms with van der Waals surface area (Å²) in [6.45, 7) is 4.92. The molecule has 5 nitrogen and oxygen atoms in total. The number of aromatic nitrogens is 1. The Morgan fingerprint density at radius 3 is 2.48 bits per heavy atom. The molecule has 1 N–H and O–H groups in total. The van der Waals surface area contributed by atoms with Crippen molar-refractivity contribution in [1.82, 2.24) is 4.98 Å². The molecule has 9 heteroatoms. The maximum absolute atomic E-state index is 12.6. The van der Waals surface area contributed by atoms with Crippen molar-refractivity contribution >= 4 is 28.8 Å². The van der Waals surface area contributed by atoms with E-state index in [2.05, 4.69) is 20.4 Å². The van der Waals surface area contributed by atoms with Crippen molar-refractivity contribution in [2.24, 2.45) is 5.10 Å². The van der Waals surface area contributed by atoms with Crippen LogP contribution in [0.25, 0.3) is 0 Å². The number of pyridine rings is 1. The van der Waals surface area contributed by atoms with Gasteiger partial charge in [-0.2, -0.15) is 18.3 Å². The van der Waals surface area contributed by atoms with Crippen LogP contribution in [0, 0.1) is 0 Å². The Morgan fingerprint density at radius 1 is 1.22 bits per heavy atom. The van der Waals surface area contributed by atoms with Gasteiger partial charge in [0.25, 0.3) is 0 Å². The summed E-state index contributed by atoms with van der Waals surface area (Å²) in [4.78, 5) is 5.94. The number of nitrogens with one attached hydrogen (secondary N) is 1. The average molecular weight is 399 g/mol. The number of nitrogens with zero attached hydrogens (tertiary/aromatic N) is 3. The van der Waals surface area contributed by atoms with Crippen molar-refractivity contribution in [2.75, 3.05) is 36.6 Å². The van der Waals surface area contributed by atoms with E-state index in [4.69, 9.17) is 16.3 Å². The second-order valence-electron chi connectivity index (χ2n) is 6.01. The molecule has 3 rings (SSSR count). The molecule has 2 aromatic rings. The molecule has 0 atom stereocenters. The van der Waals surface area contributed by atoms with Crippen molar-refractivity contribution in [2.45, 2.75) is 13.1 Å². The van der Waals surface area contributed by atoms with E-state index in [0.717, 1.165) is 36.6 Å². The van der Waals surface area contributed by atoms with Gasteiger partial charge in [-0.3, -0.25) is 5.43 Å². The largest absolute Gasteiger partial charge is 0.417 e. The first-order valence-corrected chi connectivity index (χ1v) is 8.68. The fourth-order valence-electron chi connectivity index (χ4n) is 2.61. The minimum Gasteiger partial charge on any atom is -0.378 e. The molecular weight excluding hydrogens is 381 g/mol. The third kappa shape index (κ3) is 4.90. The Morgan fingerprint density at radius 2 is 1.89 bits per heavy atom. The number of halogens is 4. The predicted octanol–water partition coefficient (Wildman–Crippen LogP) is 4.43. The van der Waals surface area contributed by atoms with Crippen LogP contribution in [0.2, 0.25) is 5.02 Å². The molecule has 1 aliphatic rings. The average Bonchev–Trinajstić information content (AvgIpc) is 2.67.